The monoisotopic (exact) mass is 430 g/mol. The highest BCUT2D eigenvalue weighted by atomic mass is 35.5. The number of halogens is 1. The second-order valence-corrected chi connectivity index (χ2v) is 7.62. The van der Waals surface area contributed by atoms with E-state index in [1.54, 1.807) is 31.1 Å². The van der Waals surface area contributed by atoms with Crippen molar-refractivity contribution in [3.05, 3.63) is 59.1 Å². The first-order chi connectivity index (χ1) is 14.5. The zero-order valence-corrected chi connectivity index (χ0v) is 18.1. The van der Waals surface area contributed by atoms with Crippen LogP contribution in [0.5, 0.6) is 5.75 Å². The lowest BCUT2D eigenvalue weighted by Gasteiger charge is -2.38. The summed E-state index contributed by atoms with van der Waals surface area (Å²) in [6, 6.07) is 14.8. The lowest BCUT2D eigenvalue weighted by Crippen LogP contribution is -2.49. The second-order valence-electron chi connectivity index (χ2n) is 7.19. The number of piperidine rings is 1. The van der Waals surface area contributed by atoms with Crippen LogP contribution in [0.2, 0.25) is 5.02 Å². The largest absolute Gasteiger partial charge is 0.497 e. The summed E-state index contributed by atoms with van der Waals surface area (Å²) >= 11 is 6.05. The smallest absolute Gasteiger partial charge is 0.409 e. The Kier molecular flexibility index (Phi) is 7.57. The maximum absolute atomic E-state index is 13.4. The van der Waals surface area contributed by atoms with Crippen LogP contribution in [0.4, 0.5) is 10.5 Å². The summed E-state index contributed by atoms with van der Waals surface area (Å²) in [7, 11) is 1.61. The molecular formula is C23H27ClN2O4. The average Bonchev–Trinajstić information content (AvgIpc) is 2.76. The number of benzene rings is 2. The van der Waals surface area contributed by atoms with Gasteiger partial charge in [0, 0.05) is 29.8 Å². The molecule has 0 spiro atoms. The number of hydrogen-bond acceptors (Lipinski definition) is 4. The van der Waals surface area contributed by atoms with Crippen LogP contribution < -0.4 is 9.64 Å². The summed E-state index contributed by atoms with van der Waals surface area (Å²) in [4.78, 5) is 28.9. The van der Waals surface area contributed by atoms with E-state index in [0.717, 1.165) is 17.0 Å². The van der Waals surface area contributed by atoms with Gasteiger partial charge in [0.05, 0.1) is 20.1 Å². The number of carbonyl (C=O) groups is 2. The minimum atomic E-state index is -0.295. The van der Waals surface area contributed by atoms with Gasteiger partial charge in [-0.25, -0.2) is 4.79 Å². The molecule has 7 heteroatoms. The SMILES string of the molecule is CCOC(=O)N1CCC(N(C(=O)Cc2cccc(OC)c2)c2ccc(Cl)cc2)CC1. The molecule has 0 bridgehead atoms. The Hall–Kier alpha value is -2.73. The van der Waals surface area contributed by atoms with Crippen molar-refractivity contribution >= 4 is 29.3 Å². The highest BCUT2D eigenvalue weighted by Crippen LogP contribution is 2.27. The molecule has 3 rings (SSSR count). The van der Waals surface area contributed by atoms with Crippen molar-refractivity contribution in [3.63, 3.8) is 0 Å². The Bertz CT molecular complexity index is 864. The topological polar surface area (TPSA) is 59.1 Å². The lowest BCUT2D eigenvalue weighted by molar-refractivity contribution is -0.118. The highest BCUT2D eigenvalue weighted by molar-refractivity contribution is 6.30. The molecule has 0 saturated carbocycles. The van der Waals surface area contributed by atoms with Gasteiger partial charge in [0.15, 0.2) is 0 Å². The molecule has 0 aromatic heterocycles. The maximum atomic E-state index is 13.4. The zero-order valence-electron chi connectivity index (χ0n) is 17.3. The lowest BCUT2D eigenvalue weighted by atomic mass is 10.0. The van der Waals surface area contributed by atoms with Gasteiger partial charge in [0.2, 0.25) is 5.91 Å². The van der Waals surface area contributed by atoms with E-state index in [4.69, 9.17) is 21.1 Å². The van der Waals surface area contributed by atoms with Crippen LogP contribution in [-0.2, 0) is 16.0 Å². The van der Waals surface area contributed by atoms with Crippen molar-refractivity contribution in [2.75, 3.05) is 31.7 Å². The number of carbonyl (C=O) groups excluding carboxylic acids is 2. The number of hydrogen-bond donors (Lipinski definition) is 0. The minimum absolute atomic E-state index is 0.000148. The zero-order chi connectivity index (χ0) is 21.5. The summed E-state index contributed by atoms with van der Waals surface area (Å²) < 4.78 is 10.4. The number of methoxy groups -OCH3 is 1. The molecule has 160 valence electrons. The van der Waals surface area contributed by atoms with Crippen LogP contribution in [0, 0.1) is 0 Å². The number of likely N-dealkylation sites (tertiary alicyclic amines) is 1. The van der Waals surface area contributed by atoms with Crippen molar-refractivity contribution in [1.82, 2.24) is 4.90 Å². The molecule has 2 amide bonds. The molecule has 1 heterocycles. The fraction of sp³-hybridized carbons (Fsp3) is 0.391. The Morgan fingerprint density at radius 3 is 2.47 bits per heavy atom. The summed E-state index contributed by atoms with van der Waals surface area (Å²) in [5, 5.41) is 0.621. The van der Waals surface area contributed by atoms with Gasteiger partial charge in [0.25, 0.3) is 0 Å². The van der Waals surface area contributed by atoms with Gasteiger partial charge in [0.1, 0.15) is 5.75 Å². The molecule has 1 saturated heterocycles. The van der Waals surface area contributed by atoms with Crippen LogP contribution in [0.15, 0.2) is 48.5 Å². The fourth-order valence-corrected chi connectivity index (χ4v) is 3.85. The molecule has 2 aromatic carbocycles. The normalized spacial score (nSPS) is 14.3. The number of rotatable bonds is 6. The summed E-state index contributed by atoms with van der Waals surface area (Å²) in [5.41, 5.74) is 1.70. The molecule has 0 N–H and O–H groups in total. The van der Waals surface area contributed by atoms with Gasteiger partial charge in [-0.3, -0.25) is 4.79 Å². The number of amides is 2. The molecule has 6 nitrogen and oxygen atoms in total. The Labute approximate surface area is 182 Å². The van der Waals surface area contributed by atoms with Crippen LogP contribution in [0.25, 0.3) is 0 Å². The molecular weight excluding hydrogens is 404 g/mol. The highest BCUT2D eigenvalue weighted by Gasteiger charge is 2.31. The van der Waals surface area contributed by atoms with Gasteiger partial charge in [-0.2, -0.15) is 0 Å². The van der Waals surface area contributed by atoms with E-state index in [9.17, 15) is 9.59 Å². The first-order valence-corrected chi connectivity index (χ1v) is 10.5. The van der Waals surface area contributed by atoms with Crippen molar-refractivity contribution in [1.29, 1.82) is 0 Å². The van der Waals surface area contributed by atoms with E-state index >= 15 is 0 Å². The van der Waals surface area contributed by atoms with Crippen molar-refractivity contribution in [2.45, 2.75) is 32.2 Å². The molecule has 30 heavy (non-hydrogen) atoms. The van der Waals surface area contributed by atoms with Gasteiger partial charge in [-0.05, 0) is 61.7 Å². The van der Waals surface area contributed by atoms with Crippen LogP contribution >= 0.6 is 11.6 Å². The summed E-state index contributed by atoms with van der Waals surface area (Å²) in [5.74, 6) is 0.723. The van der Waals surface area contributed by atoms with Crippen LogP contribution in [-0.4, -0.2) is 49.7 Å². The van der Waals surface area contributed by atoms with Crippen LogP contribution in [0.1, 0.15) is 25.3 Å². The standard InChI is InChI=1S/C23H27ClN2O4/c1-3-30-23(28)25-13-11-20(12-14-25)26(19-9-7-18(24)8-10-19)22(27)16-17-5-4-6-21(15-17)29-2/h4-10,15,20H,3,11-14,16H2,1-2H3. The minimum Gasteiger partial charge on any atom is -0.497 e. The Morgan fingerprint density at radius 1 is 1.13 bits per heavy atom. The molecule has 0 atom stereocenters. The van der Waals surface area contributed by atoms with E-state index in [1.807, 2.05) is 41.3 Å². The van der Waals surface area contributed by atoms with E-state index < -0.39 is 0 Å². The third kappa shape index (κ3) is 5.45. The summed E-state index contributed by atoms with van der Waals surface area (Å²) in [6.45, 7) is 3.26. The Morgan fingerprint density at radius 2 is 1.83 bits per heavy atom. The third-order valence-corrected chi connectivity index (χ3v) is 5.47. The number of ether oxygens (including phenoxy) is 2. The predicted octanol–water partition coefficient (Wildman–Crippen LogP) is 4.55. The molecule has 0 radical (unpaired) electrons. The molecule has 0 unspecified atom stereocenters. The quantitative estimate of drug-likeness (QED) is 0.674. The van der Waals surface area contributed by atoms with Crippen LogP contribution in [0.3, 0.4) is 0 Å². The molecule has 1 aliphatic heterocycles. The third-order valence-electron chi connectivity index (χ3n) is 5.22. The maximum Gasteiger partial charge on any atom is 0.409 e. The van der Waals surface area contributed by atoms with Gasteiger partial charge < -0.3 is 19.3 Å². The molecule has 1 fully saturated rings. The van der Waals surface area contributed by atoms with Crippen molar-refractivity contribution in [2.24, 2.45) is 0 Å². The molecule has 1 aliphatic rings. The van der Waals surface area contributed by atoms with Gasteiger partial charge >= 0.3 is 6.09 Å². The van der Waals surface area contributed by atoms with E-state index in [2.05, 4.69) is 0 Å². The molecule has 2 aromatic rings. The first kappa shape index (κ1) is 22.0. The number of anilines is 1. The second kappa shape index (κ2) is 10.3. The van der Waals surface area contributed by atoms with E-state index in [-0.39, 0.29) is 24.5 Å². The van der Waals surface area contributed by atoms with E-state index in [0.29, 0.717) is 37.6 Å². The summed E-state index contributed by atoms with van der Waals surface area (Å²) in [6.07, 6.45) is 1.34. The van der Waals surface area contributed by atoms with Gasteiger partial charge in [-0.15, -0.1) is 0 Å². The fourth-order valence-electron chi connectivity index (χ4n) is 3.72. The predicted molar refractivity (Wildman–Crippen MR) is 117 cm³/mol. The average molecular weight is 431 g/mol. The van der Waals surface area contributed by atoms with Crippen molar-refractivity contribution in [3.8, 4) is 5.75 Å². The van der Waals surface area contributed by atoms with Crippen molar-refractivity contribution < 1.29 is 19.1 Å². The molecule has 0 aliphatic carbocycles. The first-order valence-electron chi connectivity index (χ1n) is 10.1. The van der Waals surface area contributed by atoms with Gasteiger partial charge in [-0.1, -0.05) is 23.7 Å². The number of nitrogens with zero attached hydrogens (tertiary/aromatic N) is 2. The Balaban J connectivity index is 1.78. The van der Waals surface area contributed by atoms with E-state index in [1.165, 1.54) is 0 Å².